The van der Waals surface area contributed by atoms with E-state index in [1.165, 1.54) is 11.3 Å². The molecule has 5 rings (SSSR count). The molecule has 0 bridgehead atoms. The molecule has 2 aromatic carbocycles. The Morgan fingerprint density at radius 2 is 1.82 bits per heavy atom. The van der Waals surface area contributed by atoms with Crippen LogP contribution in [0.2, 0.25) is 0 Å². The van der Waals surface area contributed by atoms with Crippen LogP contribution < -0.4 is 9.64 Å². The summed E-state index contributed by atoms with van der Waals surface area (Å²) in [5, 5.41) is 10.5. The zero-order valence-electron chi connectivity index (χ0n) is 18.6. The average Bonchev–Trinajstić information content (AvgIpc) is 3.29. The molecule has 0 spiro atoms. The van der Waals surface area contributed by atoms with Gasteiger partial charge in [0.2, 0.25) is 5.91 Å². The van der Waals surface area contributed by atoms with Gasteiger partial charge in [-0.15, -0.1) is 11.3 Å². The Balaban J connectivity index is 1.29. The fourth-order valence-electron chi connectivity index (χ4n) is 3.94. The Kier molecular flexibility index (Phi) is 6.06. The van der Waals surface area contributed by atoms with Crippen LogP contribution in [0.3, 0.4) is 0 Å². The number of nitriles is 1. The number of para-hydroxylation sites is 1. The lowest BCUT2D eigenvalue weighted by Gasteiger charge is -2.35. The molecule has 3 heterocycles. The highest BCUT2D eigenvalue weighted by atomic mass is 32.1. The first-order chi connectivity index (χ1) is 16.6. The van der Waals surface area contributed by atoms with Crippen molar-refractivity contribution < 1.29 is 9.53 Å². The predicted octanol–water partition coefficient (Wildman–Crippen LogP) is 4.20. The quantitative estimate of drug-likeness (QED) is 0.431. The second kappa shape index (κ2) is 9.45. The second-order valence-electron chi connectivity index (χ2n) is 7.94. The van der Waals surface area contributed by atoms with E-state index in [1.807, 2.05) is 53.4 Å². The fraction of sp³-hybridized carbons (Fsp3) is 0.240. The molecule has 0 aliphatic carbocycles. The monoisotopic (exact) mass is 470 g/mol. The maximum Gasteiger partial charge on any atom is 0.322 e. The molecular formula is C25H22N6O2S. The Morgan fingerprint density at radius 1 is 1.06 bits per heavy atom. The summed E-state index contributed by atoms with van der Waals surface area (Å²) in [6, 6.07) is 19.8. The number of hydrogen-bond acceptors (Lipinski definition) is 8. The van der Waals surface area contributed by atoms with E-state index in [4.69, 9.17) is 4.74 Å². The van der Waals surface area contributed by atoms with E-state index in [2.05, 4.69) is 25.9 Å². The minimum absolute atomic E-state index is 0.118. The van der Waals surface area contributed by atoms with Crippen LogP contribution in [-0.2, 0) is 4.79 Å². The molecule has 1 fully saturated rings. The molecule has 4 aromatic rings. The van der Waals surface area contributed by atoms with Crippen molar-refractivity contribution in [2.24, 2.45) is 0 Å². The smallest absolute Gasteiger partial charge is 0.322 e. The van der Waals surface area contributed by atoms with Crippen LogP contribution in [0.1, 0.15) is 23.5 Å². The number of anilines is 1. The number of thiazole rings is 1. The fourth-order valence-corrected chi connectivity index (χ4v) is 4.96. The summed E-state index contributed by atoms with van der Waals surface area (Å²) in [5.41, 5.74) is 2.49. The van der Waals surface area contributed by atoms with Crippen molar-refractivity contribution in [3.05, 3.63) is 71.5 Å². The topological polar surface area (TPSA) is 95.2 Å². The lowest BCUT2D eigenvalue weighted by Crippen LogP contribution is -2.48. The van der Waals surface area contributed by atoms with E-state index >= 15 is 0 Å². The molecule has 9 heteroatoms. The Bertz CT molecular complexity index is 1320. The van der Waals surface area contributed by atoms with Gasteiger partial charge in [-0.3, -0.25) is 4.79 Å². The Hall–Kier alpha value is -4.03. The van der Waals surface area contributed by atoms with Gasteiger partial charge in [0, 0.05) is 45.0 Å². The van der Waals surface area contributed by atoms with Crippen molar-refractivity contribution >= 4 is 33.1 Å². The van der Waals surface area contributed by atoms with E-state index < -0.39 is 5.92 Å². The molecular weight excluding hydrogens is 448 g/mol. The molecule has 1 aliphatic rings. The number of hydrogen-bond donors (Lipinski definition) is 0. The van der Waals surface area contributed by atoms with Gasteiger partial charge in [-0.1, -0.05) is 12.1 Å². The number of ether oxygens (including phenoxy) is 1. The molecule has 1 saturated heterocycles. The first-order valence-corrected chi connectivity index (χ1v) is 11.8. The second-order valence-corrected chi connectivity index (χ2v) is 9.00. The van der Waals surface area contributed by atoms with E-state index in [9.17, 15) is 10.1 Å². The third kappa shape index (κ3) is 4.54. The molecule has 34 heavy (non-hydrogen) atoms. The summed E-state index contributed by atoms with van der Waals surface area (Å²) in [6.07, 6.45) is 1.60. The highest BCUT2D eigenvalue weighted by molar-refractivity contribution is 7.18. The lowest BCUT2D eigenvalue weighted by molar-refractivity contribution is -0.129. The Morgan fingerprint density at radius 3 is 2.53 bits per heavy atom. The minimum atomic E-state index is -0.598. The largest absolute Gasteiger partial charge is 0.424 e. The Labute approximate surface area is 201 Å². The SMILES string of the molecule is CC(=O)N1CCN(c2ccc(Oc3nccc(C(C#N)c4nc5ccccc5s4)n3)cc2)CC1. The van der Waals surface area contributed by atoms with Gasteiger partial charge < -0.3 is 14.5 Å². The predicted molar refractivity (Wildman–Crippen MR) is 130 cm³/mol. The van der Waals surface area contributed by atoms with Crippen LogP contribution >= 0.6 is 11.3 Å². The van der Waals surface area contributed by atoms with Gasteiger partial charge >= 0.3 is 6.01 Å². The molecule has 1 aliphatic heterocycles. The summed E-state index contributed by atoms with van der Waals surface area (Å²) in [4.78, 5) is 28.9. The van der Waals surface area contributed by atoms with E-state index in [0.29, 0.717) is 16.5 Å². The van der Waals surface area contributed by atoms with Gasteiger partial charge in [0.25, 0.3) is 0 Å². The maximum absolute atomic E-state index is 11.5. The van der Waals surface area contributed by atoms with Crippen molar-refractivity contribution in [1.29, 1.82) is 5.26 Å². The normalized spacial score (nSPS) is 14.6. The molecule has 1 unspecified atom stereocenters. The third-order valence-corrected chi connectivity index (χ3v) is 6.87. The number of rotatable bonds is 5. The van der Waals surface area contributed by atoms with Crippen molar-refractivity contribution in [2.75, 3.05) is 31.1 Å². The van der Waals surface area contributed by atoms with Crippen LogP contribution in [0, 0.1) is 11.3 Å². The summed E-state index contributed by atoms with van der Waals surface area (Å²) < 4.78 is 6.91. The highest BCUT2D eigenvalue weighted by Crippen LogP contribution is 2.31. The molecule has 2 aromatic heterocycles. The number of nitrogens with zero attached hydrogens (tertiary/aromatic N) is 6. The summed E-state index contributed by atoms with van der Waals surface area (Å²) in [7, 11) is 0. The minimum Gasteiger partial charge on any atom is -0.424 e. The number of carbonyl (C=O) groups is 1. The van der Waals surface area contributed by atoms with Crippen LogP contribution in [-0.4, -0.2) is 51.9 Å². The van der Waals surface area contributed by atoms with E-state index in [1.54, 1.807) is 19.2 Å². The molecule has 0 saturated carbocycles. The number of carbonyl (C=O) groups excluding carboxylic acids is 1. The molecule has 1 amide bonds. The van der Waals surface area contributed by atoms with Gasteiger partial charge in [-0.25, -0.2) is 9.97 Å². The van der Waals surface area contributed by atoms with Crippen LogP contribution in [0.5, 0.6) is 11.8 Å². The van der Waals surface area contributed by atoms with E-state index in [0.717, 1.165) is 42.1 Å². The molecule has 8 nitrogen and oxygen atoms in total. The number of aromatic nitrogens is 3. The van der Waals surface area contributed by atoms with Crippen LogP contribution in [0.15, 0.2) is 60.8 Å². The molecule has 0 radical (unpaired) electrons. The van der Waals surface area contributed by atoms with Crippen molar-refractivity contribution in [3.8, 4) is 17.8 Å². The van der Waals surface area contributed by atoms with Crippen molar-refractivity contribution in [2.45, 2.75) is 12.8 Å². The van der Waals surface area contributed by atoms with Gasteiger partial charge in [0.1, 0.15) is 16.7 Å². The first kappa shape index (κ1) is 21.8. The zero-order chi connectivity index (χ0) is 23.5. The third-order valence-electron chi connectivity index (χ3n) is 5.77. The summed E-state index contributed by atoms with van der Waals surface area (Å²) in [5.74, 6) is 0.128. The number of piperazine rings is 1. The highest BCUT2D eigenvalue weighted by Gasteiger charge is 2.21. The standard InChI is InChI=1S/C25H22N6O2S/c1-17(32)30-12-14-31(15-13-30)18-6-8-19(9-7-18)33-25-27-11-10-21(29-25)20(16-26)24-28-22-4-2-3-5-23(22)34-24/h2-11,20H,12-15H2,1H3. The van der Waals surface area contributed by atoms with Crippen molar-refractivity contribution in [1.82, 2.24) is 19.9 Å². The number of amides is 1. The van der Waals surface area contributed by atoms with Gasteiger partial charge in [0.15, 0.2) is 0 Å². The van der Waals surface area contributed by atoms with Crippen molar-refractivity contribution in [3.63, 3.8) is 0 Å². The van der Waals surface area contributed by atoms with Crippen LogP contribution in [0.4, 0.5) is 5.69 Å². The van der Waals surface area contributed by atoms with Gasteiger partial charge in [-0.2, -0.15) is 10.2 Å². The van der Waals surface area contributed by atoms with Gasteiger partial charge in [-0.05, 0) is 42.5 Å². The lowest BCUT2D eigenvalue weighted by atomic mass is 10.1. The number of fused-ring (bicyclic) bond motifs is 1. The number of benzene rings is 2. The maximum atomic E-state index is 11.5. The first-order valence-electron chi connectivity index (χ1n) is 11.0. The average molecular weight is 471 g/mol. The molecule has 0 N–H and O–H groups in total. The molecule has 170 valence electrons. The summed E-state index contributed by atoms with van der Waals surface area (Å²) in [6.45, 7) is 4.65. The van der Waals surface area contributed by atoms with Gasteiger partial charge in [0.05, 0.1) is 22.0 Å². The summed E-state index contributed by atoms with van der Waals surface area (Å²) >= 11 is 1.49. The zero-order valence-corrected chi connectivity index (χ0v) is 19.4. The van der Waals surface area contributed by atoms with Crippen LogP contribution in [0.25, 0.3) is 10.2 Å². The van der Waals surface area contributed by atoms with E-state index in [-0.39, 0.29) is 11.9 Å². The molecule has 1 atom stereocenters.